The highest BCUT2D eigenvalue weighted by molar-refractivity contribution is 6.05. The molecule has 12 heteroatoms. The molecule has 0 spiro atoms. The lowest BCUT2D eigenvalue weighted by Crippen LogP contribution is -2.15. The number of amides is 3. The molecule has 0 saturated heterocycles. The normalized spacial score (nSPS) is 10.8. The third kappa shape index (κ3) is 6.96. The van der Waals surface area contributed by atoms with Crippen molar-refractivity contribution in [1.29, 1.82) is 0 Å². The first-order valence-electron chi connectivity index (χ1n) is 13.2. The Kier molecular flexibility index (Phi) is 9.28. The summed E-state index contributed by atoms with van der Waals surface area (Å²) in [6, 6.07) is 12.2. The van der Waals surface area contributed by atoms with Crippen LogP contribution in [-0.4, -0.2) is 58.2 Å². The number of methoxy groups -OCH3 is 2. The van der Waals surface area contributed by atoms with E-state index in [0.717, 1.165) is 11.1 Å². The number of benzene rings is 1. The van der Waals surface area contributed by atoms with E-state index in [-0.39, 0.29) is 17.7 Å². The van der Waals surface area contributed by atoms with E-state index in [1.165, 1.54) is 7.11 Å². The molecule has 0 aliphatic heterocycles. The van der Waals surface area contributed by atoms with Gasteiger partial charge < -0.3 is 39.1 Å². The van der Waals surface area contributed by atoms with Gasteiger partial charge in [-0.1, -0.05) is 12.1 Å². The molecule has 0 fully saturated rings. The fraction of sp³-hybridized carbons (Fsp3) is 0.267. The molecule has 3 N–H and O–H groups in total. The Morgan fingerprint density at radius 1 is 0.667 bits per heavy atom. The third-order valence-corrected chi connectivity index (χ3v) is 6.64. The van der Waals surface area contributed by atoms with Gasteiger partial charge in [0.15, 0.2) is 0 Å². The van der Waals surface area contributed by atoms with E-state index in [2.05, 4.69) is 16.0 Å². The van der Waals surface area contributed by atoms with Crippen molar-refractivity contribution in [1.82, 2.24) is 13.7 Å². The summed E-state index contributed by atoms with van der Waals surface area (Å²) in [5.74, 6) is -1.29. The van der Waals surface area contributed by atoms with Gasteiger partial charge in [-0.25, -0.2) is 4.79 Å². The molecular formula is C30H34N6O6. The van der Waals surface area contributed by atoms with Crippen LogP contribution >= 0.6 is 0 Å². The lowest BCUT2D eigenvalue weighted by atomic mass is 10.1. The summed E-state index contributed by atoms with van der Waals surface area (Å²) in [5, 5.41) is 8.49. The first kappa shape index (κ1) is 29.9. The molecule has 0 aliphatic carbocycles. The standard InChI is InChI=1S/C30H34N6O6/c1-34-16-20(13-24(34)28(38)33-23-15-26(30(40)42-5)36(3)18-23)19-8-10-21(11-9-19)32-29(39)25-14-22(17-35(25)2)31-27(37)7-6-12-41-4/h8-11,13-18H,6-7,12H2,1-5H3,(H,31,37)(H,32,39)(H,33,38). The molecule has 3 heterocycles. The van der Waals surface area contributed by atoms with Gasteiger partial charge in [-0.05, 0) is 42.3 Å². The minimum absolute atomic E-state index is 0.144. The summed E-state index contributed by atoms with van der Waals surface area (Å²) in [4.78, 5) is 49.8. The number of aryl methyl sites for hydroxylation is 3. The maximum Gasteiger partial charge on any atom is 0.354 e. The second-order valence-corrected chi connectivity index (χ2v) is 9.80. The number of nitrogens with one attached hydrogen (secondary N) is 3. The van der Waals surface area contributed by atoms with Crippen molar-refractivity contribution in [2.24, 2.45) is 21.1 Å². The highest BCUT2D eigenvalue weighted by Gasteiger charge is 2.18. The predicted octanol–water partition coefficient (Wildman–Crippen LogP) is 4.03. The summed E-state index contributed by atoms with van der Waals surface area (Å²) in [5.41, 5.74) is 4.42. The van der Waals surface area contributed by atoms with Crippen LogP contribution in [0.5, 0.6) is 0 Å². The number of esters is 1. The van der Waals surface area contributed by atoms with Crippen LogP contribution in [0.3, 0.4) is 0 Å². The molecule has 1 aromatic carbocycles. The molecule has 0 aliphatic rings. The number of hydrogen-bond acceptors (Lipinski definition) is 6. The van der Waals surface area contributed by atoms with Crippen molar-refractivity contribution < 1.29 is 28.7 Å². The zero-order valence-electron chi connectivity index (χ0n) is 24.2. The Bertz CT molecular complexity index is 1610. The number of nitrogens with zero attached hydrogens (tertiary/aromatic N) is 3. The van der Waals surface area contributed by atoms with Crippen LogP contribution in [0.2, 0.25) is 0 Å². The van der Waals surface area contributed by atoms with Crippen molar-refractivity contribution in [3.05, 3.63) is 78.1 Å². The number of ether oxygens (including phenoxy) is 2. The van der Waals surface area contributed by atoms with E-state index < -0.39 is 5.97 Å². The average molecular weight is 575 g/mol. The summed E-state index contributed by atoms with van der Waals surface area (Å²) in [6.45, 7) is 0.504. The topological polar surface area (TPSA) is 138 Å². The highest BCUT2D eigenvalue weighted by Crippen LogP contribution is 2.25. The van der Waals surface area contributed by atoms with Crippen molar-refractivity contribution in [3.8, 4) is 11.1 Å². The molecule has 0 atom stereocenters. The van der Waals surface area contributed by atoms with Crippen LogP contribution in [-0.2, 0) is 35.4 Å². The molecule has 12 nitrogen and oxygen atoms in total. The fourth-order valence-corrected chi connectivity index (χ4v) is 4.48. The molecule has 4 rings (SSSR count). The lowest BCUT2D eigenvalue weighted by molar-refractivity contribution is -0.116. The largest absolute Gasteiger partial charge is 0.464 e. The first-order chi connectivity index (χ1) is 20.1. The third-order valence-electron chi connectivity index (χ3n) is 6.64. The molecule has 0 unspecified atom stereocenters. The molecule has 0 bridgehead atoms. The fourth-order valence-electron chi connectivity index (χ4n) is 4.48. The number of rotatable bonds is 11. The molecule has 0 radical (unpaired) electrons. The van der Waals surface area contributed by atoms with Gasteiger partial charge in [0.1, 0.15) is 17.1 Å². The van der Waals surface area contributed by atoms with Gasteiger partial charge in [0.2, 0.25) is 5.91 Å². The minimum atomic E-state index is -0.495. The van der Waals surface area contributed by atoms with E-state index in [1.807, 2.05) is 18.3 Å². The Hall–Kier alpha value is -5.10. The minimum Gasteiger partial charge on any atom is -0.464 e. The first-order valence-corrected chi connectivity index (χ1v) is 13.2. The van der Waals surface area contributed by atoms with E-state index in [4.69, 9.17) is 9.47 Å². The van der Waals surface area contributed by atoms with Crippen LogP contribution in [0, 0.1) is 0 Å². The summed E-state index contributed by atoms with van der Waals surface area (Å²) >= 11 is 0. The zero-order valence-corrected chi connectivity index (χ0v) is 24.2. The molecule has 0 saturated carbocycles. The Balaban J connectivity index is 1.39. The van der Waals surface area contributed by atoms with Gasteiger partial charge in [-0.3, -0.25) is 14.4 Å². The molecule has 3 amide bonds. The predicted molar refractivity (Wildman–Crippen MR) is 159 cm³/mol. The van der Waals surface area contributed by atoms with Crippen LogP contribution < -0.4 is 16.0 Å². The van der Waals surface area contributed by atoms with Crippen LogP contribution in [0.1, 0.15) is 44.3 Å². The number of aromatic nitrogens is 3. The zero-order chi connectivity index (χ0) is 30.4. The van der Waals surface area contributed by atoms with E-state index in [9.17, 15) is 19.2 Å². The second-order valence-electron chi connectivity index (χ2n) is 9.80. The van der Waals surface area contributed by atoms with Gasteiger partial charge in [-0.2, -0.15) is 0 Å². The Labute approximate surface area is 243 Å². The molecule has 4 aromatic rings. The SMILES string of the molecule is COCCCC(=O)Nc1cc(C(=O)Nc2ccc(-c3cc(C(=O)Nc4cc(C(=O)OC)n(C)c4)n(C)c3)cc2)n(C)c1. The number of anilines is 3. The number of carbonyl (C=O) groups is 4. The van der Waals surface area contributed by atoms with Crippen molar-refractivity contribution in [2.45, 2.75) is 12.8 Å². The maximum absolute atomic E-state index is 13.0. The van der Waals surface area contributed by atoms with Crippen molar-refractivity contribution in [2.75, 3.05) is 36.8 Å². The highest BCUT2D eigenvalue weighted by atomic mass is 16.5. The van der Waals surface area contributed by atoms with Crippen molar-refractivity contribution >= 4 is 40.8 Å². The van der Waals surface area contributed by atoms with Gasteiger partial charge in [-0.15, -0.1) is 0 Å². The second kappa shape index (κ2) is 13.0. The van der Waals surface area contributed by atoms with Crippen LogP contribution in [0.25, 0.3) is 11.1 Å². The number of hydrogen-bond donors (Lipinski definition) is 3. The quantitative estimate of drug-likeness (QED) is 0.183. The summed E-state index contributed by atoms with van der Waals surface area (Å²) in [7, 11) is 8.09. The van der Waals surface area contributed by atoms with Gasteiger partial charge >= 0.3 is 5.97 Å². The van der Waals surface area contributed by atoms with Gasteiger partial charge in [0.05, 0.1) is 18.5 Å². The van der Waals surface area contributed by atoms with Crippen LogP contribution in [0.4, 0.5) is 17.1 Å². The van der Waals surface area contributed by atoms with Crippen molar-refractivity contribution in [3.63, 3.8) is 0 Å². The molecule has 3 aromatic heterocycles. The van der Waals surface area contributed by atoms with E-state index in [0.29, 0.717) is 53.6 Å². The van der Waals surface area contributed by atoms with E-state index in [1.54, 1.807) is 84.7 Å². The van der Waals surface area contributed by atoms with E-state index >= 15 is 0 Å². The Morgan fingerprint density at radius 2 is 1.21 bits per heavy atom. The summed E-state index contributed by atoms with van der Waals surface area (Å²) in [6.07, 6.45) is 6.10. The smallest absolute Gasteiger partial charge is 0.354 e. The Morgan fingerprint density at radius 3 is 1.86 bits per heavy atom. The van der Waals surface area contributed by atoms with Crippen LogP contribution in [0.15, 0.2) is 61.1 Å². The monoisotopic (exact) mass is 574 g/mol. The lowest BCUT2D eigenvalue weighted by Gasteiger charge is -2.07. The molecular weight excluding hydrogens is 540 g/mol. The summed E-state index contributed by atoms with van der Waals surface area (Å²) < 4.78 is 14.7. The molecule has 42 heavy (non-hydrogen) atoms. The average Bonchev–Trinajstić information content (AvgIpc) is 3.64. The maximum atomic E-state index is 13.0. The number of carbonyl (C=O) groups excluding carboxylic acids is 4. The van der Waals surface area contributed by atoms with Gasteiger partial charge in [0.25, 0.3) is 11.8 Å². The van der Waals surface area contributed by atoms with Gasteiger partial charge in [0, 0.05) is 71.1 Å². The molecule has 220 valence electrons.